The number of allylic oxidation sites excluding steroid dienone is 2. The molecule has 42 heavy (non-hydrogen) atoms. The summed E-state index contributed by atoms with van der Waals surface area (Å²) in [5, 5.41) is 3.22. The Hall–Kier alpha value is -3.61. The van der Waals surface area contributed by atoms with Crippen LogP contribution in [-0.4, -0.2) is 60.4 Å². The lowest BCUT2D eigenvalue weighted by Gasteiger charge is -2.44. The number of carbonyl (C=O) groups is 2. The minimum atomic E-state index is -0.505. The molecule has 3 saturated heterocycles. The quantitative estimate of drug-likeness (QED) is 0.433. The maximum atomic E-state index is 15.0. The standard InChI is InChI=1S/C35H43FN4O2/c1-24-12-15-27(23-31(24)39-20-5-6-21-39)37-34(41)29-10-8-22-40(35(42)32-25(2)9-7-11-30(32)36)33(29)26-13-16-28(17-14-26)38-18-3-4-19-38/h7,9,11-13,15-17,23,26,29,33H,3-6,8,10,14,18-22H2,1-2H3,(H,37,41)/t26?,29?,33-/m0/s1. The molecule has 0 bridgehead atoms. The smallest absolute Gasteiger partial charge is 0.257 e. The molecule has 3 heterocycles. The first kappa shape index (κ1) is 28.5. The third kappa shape index (κ3) is 5.70. The van der Waals surface area contributed by atoms with Crippen molar-refractivity contribution in [3.8, 4) is 0 Å². The summed E-state index contributed by atoms with van der Waals surface area (Å²) in [4.78, 5) is 34.7. The van der Waals surface area contributed by atoms with Crippen molar-refractivity contribution >= 4 is 23.2 Å². The van der Waals surface area contributed by atoms with E-state index in [0.29, 0.717) is 24.9 Å². The first-order valence-electron chi connectivity index (χ1n) is 15.8. The Balaban J connectivity index is 1.29. The van der Waals surface area contributed by atoms with Gasteiger partial charge in [-0.15, -0.1) is 0 Å². The van der Waals surface area contributed by atoms with E-state index < -0.39 is 11.7 Å². The number of hydrogen-bond donors (Lipinski definition) is 1. The molecule has 3 aliphatic heterocycles. The second-order valence-corrected chi connectivity index (χ2v) is 12.4. The van der Waals surface area contributed by atoms with Gasteiger partial charge in [0.25, 0.3) is 5.91 Å². The van der Waals surface area contributed by atoms with Gasteiger partial charge in [0.2, 0.25) is 5.91 Å². The molecule has 2 unspecified atom stereocenters. The van der Waals surface area contributed by atoms with Crippen LogP contribution in [0.4, 0.5) is 15.8 Å². The van der Waals surface area contributed by atoms with Gasteiger partial charge in [-0.25, -0.2) is 4.39 Å². The van der Waals surface area contributed by atoms with E-state index in [9.17, 15) is 9.59 Å². The number of piperidine rings is 1. The van der Waals surface area contributed by atoms with Gasteiger partial charge in [-0.2, -0.15) is 0 Å². The van der Waals surface area contributed by atoms with Gasteiger partial charge in [-0.1, -0.05) is 30.4 Å². The number of amides is 2. The highest BCUT2D eigenvalue weighted by Gasteiger charge is 2.43. The molecule has 6 rings (SSSR count). The van der Waals surface area contributed by atoms with Crippen molar-refractivity contribution in [2.45, 2.75) is 64.8 Å². The summed E-state index contributed by atoms with van der Waals surface area (Å²) in [5.74, 6) is -1.32. The summed E-state index contributed by atoms with van der Waals surface area (Å²) in [6.07, 6.45) is 13.6. The van der Waals surface area contributed by atoms with Crippen LogP contribution in [0.25, 0.3) is 0 Å². The van der Waals surface area contributed by atoms with Crippen molar-refractivity contribution in [1.82, 2.24) is 9.80 Å². The van der Waals surface area contributed by atoms with E-state index in [1.54, 1.807) is 24.0 Å². The summed E-state index contributed by atoms with van der Waals surface area (Å²) in [6.45, 7) is 8.62. The molecule has 2 aromatic carbocycles. The number of hydrogen-bond acceptors (Lipinski definition) is 4. The third-order valence-corrected chi connectivity index (χ3v) is 9.67. The zero-order valence-electron chi connectivity index (χ0n) is 24.9. The highest BCUT2D eigenvalue weighted by Crippen LogP contribution is 2.37. The number of rotatable bonds is 6. The van der Waals surface area contributed by atoms with Crippen LogP contribution in [0.3, 0.4) is 0 Å². The Morgan fingerprint density at radius 1 is 0.881 bits per heavy atom. The molecule has 0 radical (unpaired) electrons. The summed E-state index contributed by atoms with van der Waals surface area (Å²) in [5.41, 5.74) is 5.13. The number of halogens is 1. The van der Waals surface area contributed by atoms with Crippen LogP contribution < -0.4 is 10.2 Å². The average Bonchev–Trinajstić information content (AvgIpc) is 3.73. The van der Waals surface area contributed by atoms with Gasteiger partial charge in [-0.05, 0) is 94.2 Å². The van der Waals surface area contributed by atoms with Crippen molar-refractivity contribution in [1.29, 1.82) is 0 Å². The molecule has 4 aliphatic rings. The molecule has 3 fully saturated rings. The lowest BCUT2D eigenvalue weighted by Crippen LogP contribution is -2.55. The van der Waals surface area contributed by atoms with Crippen molar-refractivity contribution in [3.63, 3.8) is 0 Å². The normalized spacial score (nSPS) is 24.2. The Bertz CT molecular complexity index is 1370. The topological polar surface area (TPSA) is 55.9 Å². The maximum Gasteiger partial charge on any atom is 0.257 e. The fraction of sp³-hybridized carbons (Fsp3) is 0.486. The second kappa shape index (κ2) is 12.3. The van der Waals surface area contributed by atoms with Crippen LogP contribution in [0.15, 0.2) is 60.3 Å². The first-order chi connectivity index (χ1) is 20.4. The molecule has 0 spiro atoms. The molecule has 2 amide bonds. The minimum Gasteiger partial charge on any atom is -0.372 e. The molecule has 7 heteroatoms. The lowest BCUT2D eigenvalue weighted by molar-refractivity contribution is -0.123. The van der Waals surface area contributed by atoms with Crippen LogP contribution in [0.2, 0.25) is 0 Å². The highest BCUT2D eigenvalue weighted by molar-refractivity contribution is 5.98. The molecule has 2 aromatic rings. The van der Waals surface area contributed by atoms with E-state index in [-0.39, 0.29) is 29.3 Å². The summed E-state index contributed by atoms with van der Waals surface area (Å²) < 4.78 is 15.0. The molecule has 1 N–H and O–H groups in total. The van der Waals surface area contributed by atoms with Crippen LogP contribution in [-0.2, 0) is 4.79 Å². The second-order valence-electron chi connectivity index (χ2n) is 12.4. The minimum absolute atomic E-state index is 0.0263. The molecular weight excluding hydrogens is 527 g/mol. The van der Waals surface area contributed by atoms with Gasteiger partial charge in [0.1, 0.15) is 5.82 Å². The number of aryl methyl sites for hydroxylation is 2. The van der Waals surface area contributed by atoms with Gasteiger partial charge in [0, 0.05) is 55.7 Å². The van der Waals surface area contributed by atoms with Gasteiger partial charge in [0.15, 0.2) is 0 Å². The van der Waals surface area contributed by atoms with Crippen molar-refractivity contribution < 1.29 is 14.0 Å². The van der Waals surface area contributed by atoms with E-state index in [4.69, 9.17) is 0 Å². The van der Waals surface area contributed by atoms with Crippen LogP contribution in [0, 0.1) is 31.5 Å². The highest BCUT2D eigenvalue weighted by atomic mass is 19.1. The number of anilines is 2. The molecule has 0 saturated carbocycles. The zero-order valence-corrected chi connectivity index (χ0v) is 24.9. The van der Waals surface area contributed by atoms with Gasteiger partial charge >= 0.3 is 0 Å². The van der Waals surface area contributed by atoms with E-state index in [1.165, 1.54) is 48.7 Å². The Labute approximate surface area is 249 Å². The van der Waals surface area contributed by atoms with Crippen molar-refractivity contribution in [2.24, 2.45) is 11.8 Å². The number of nitrogens with zero attached hydrogens (tertiary/aromatic N) is 3. The molecule has 222 valence electrons. The number of benzene rings is 2. The Morgan fingerprint density at radius 2 is 1.62 bits per heavy atom. The van der Waals surface area contributed by atoms with Gasteiger partial charge in [0.05, 0.1) is 17.5 Å². The first-order valence-corrected chi connectivity index (χ1v) is 15.8. The summed E-state index contributed by atoms with van der Waals surface area (Å²) in [6, 6.07) is 10.5. The average molecular weight is 571 g/mol. The third-order valence-electron chi connectivity index (χ3n) is 9.67. The number of likely N-dealkylation sites (tertiary alicyclic amines) is 2. The van der Waals surface area contributed by atoms with Crippen molar-refractivity contribution in [2.75, 3.05) is 42.9 Å². The van der Waals surface area contributed by atoms with Gasteiger partial charge < -0.3 is 20.0 Å². The lowest BCUT2D eigenvalue weighted by atomic mass is 9.77. The zero-order chi connectivity index (χ0) is 29.2. The van der Waals surface area contributed by atoms with Crippen LogP contribution in [0.5, 0.6) is 0 Å². The number of carbonyl (C=O) groups excluding carboxylic acids is 2. The van der Waals surface area contributed by atoms with E-state index in [2.05, 4.69) is 52.4 Å². The summed E-state index contributed by atoms with van der Waals surface area (Å²) >= 11 is 0. The molecular formula is C35H43FN4O2. The fourth-order valence-electron chi connectivity index (χ4n) is 7.43. The largest absolute Gasteiger partial charge is 0.372 e. The Kier molecular flexibility index (Phi) is 8.36. The predicted octanol–water partition coefficient (Wildman–Crippen LogP) is 6.46. The maximum absolute atomic E-state index is 15.0. The molecule has 6 nitrogen and oxygen atoms in total. The van der Waals surface area contributed by atoms with E-state index in [1.807, 2.05) is 6.07 Å². The van der Waals surface area contributed by atoms with Gasteiger partial charge in [-0.3, -0.25) is 9.59 Å². The van der Waals surface area contributed by atoms with E-state index in [0.717, 1.165) is 38.3 Å². The SMILES string of the molecule is Cc1ccc(NC(=O)C2CCCN(C(=O)c3c(C)cccc3F)[C@H]2C2C=CC(N3CCCC3)=CC2)cc1N1CCCC1. The number of nitrogens with one attached hydrogen (secondary N) is 1. The monoisotopic (exact) mass is 570 g/mol. The van der Waals surface area contributed by atoms with Crippen molar-refractivity contribution in [3.05, 3.63) is 82.8 Å². The Morgan fingerprint density at radius 3 is 2.31 bits per heavy atom. The molecule has 1 aliphatic carbocycles. The van der Waals surface area contributed by atoms with E-state index >= 15 is 4.39 Å². The predicted molar refractivity (Wildman–Crippen MR) is 166 cm³/mol. The summed E-state index contributed by atoms with van der Waals surface area (Å²) in [7, 11) is 0. The molecule has 0 aromatic heterocycles. The fourth-order valence-corrected chi connectivity index (χ4v) is 7.43. The molecule has 3 atom stereocenters. The van der Waals surface area contributed by atoms with Crippen LogP contribution >= 0.6 is 0 Å². The van der Waals surface area contributed by atoms with Crippen LogP contribution in [0.1, 0.15) is 66.4 Å².